The van der Waals surface area contributed by atoms with Crippen LogP contribution in [0.25, 0.3) is 11.0 Å². The van der Waals surface area contributed by atoms with Crippen molar-refractivity contribution in [3.05, 3.63) is 36.2 Å². The molecule has 3 atom stereocenters. The molecule has 1 aliphatic heterocycles. The molecule has 0 radical (unpaired) electrons. The third-order valence-corrected chi connectivity index (χ3v) is 5.17. The van der Waals surface area contributed by atoms with Gasteiger partial charge in [-0.15, -0.1) is 0 Å². The number of para-hydroxylation sites is 1. The molecule has 2 fully saturated rings. The normalized spacial score (nSPS) is 27.9. The van der Waals surface area contributed by atoms with E-state index in [1.165, 1.54) is 12.8 Å². The number of likely N-dealkylation sites (tertiary alicyclic amines) is 1. The number of fused-ring (bicyclic) bond motifs is 2. The van der Waals surface area contributed by atoms with E-state index < -0.39 is 0 Å². The standard InChI is InChI=1S/C17H20N4O/c18-14-5-1-3-11-9-21(10-13(11)14)17(22)12-4-2-6-15-16(12)20-8-7-19-15/h2,4,6-8,11,13-14H,1,3,5,9-10,18H2. The molecule has 1 aromatic heterocycles. The maximum atomic E-state index is 12.9. The first-order valence-corrected chi connectivity index (χ1v) is 7.98. The Morgan fingerprint density at radius 2 is 2.05 bits per heavy atom. The van der Waals surface area contributed by atoms with Gasteiger partial charge in [-0.1, -0.05) is 12.5 Å². The zero-order valence-electron chi connectivity index (χ0n) is 12.5. The molecule has 2 N–H and O–H groups in total. The summed E-state index contributed by atoms with van der Waals surface area (Å²) in [5.74, 6) is 1.08. The highest BCUT2D eigenvalue weighted by Crippen LogP contribution is 2.36. The Morgan fingerprint density at radius 3 is 2.91 bits per heavy atom. The number of hydrogen-bond donors (Lipinski definition) is 1. The molecule has 0 bridgehead atoms. The van der Waals surface area contributed by atoms with Gasteiger partial charge in [0.05, 0.1) is 11.1 Å². The van der Waals surface area contributed by atoms with Gasteiger partial charge in [-0.05, 0) is 36.8 Å². The Morgan fingerprint density at radius 1 is 1.18 bits per heavy atom. The monoisotopic (exact) mass is 296 g/mol. The number of rotatable bonds is 1. The van der Waals surface area contributed by atoms with Gasteiger partial charge in [-0.25, -0.2) is 0 Å². The number of benzene rings is 1. The van der Waals surface area contributed by atoms with E-state index in [4.69, 9.17) is 5.73 Å². The summed E-state index contributed by atoms with van der Waals surface area (Å²) in [4.78, 5) is 23.5. The zero-order valence-corrected chi connectivity index (χ0v) is 12.5. The van der Waals surface area contributed by atoms with Crippen LogP contribution in [0.3, 0.4) is 0 Å². The van der Waals surface area contributed by atoms with Crippen LogP contribution in [0.2, 0.25) is 0 Å². The van der Waals surface area contributed by atoms with Crippen LogP contribution in [0.1, 0.15) is 29.6 Å². The van der Waals surface area contributed by atoms with E-state index in [-0.39, 0.29) is 11.9 Å². The second-order valence-electron chi connectivity index (χ2n) is 6.46. The van der Waals surface area contributed by atoms with Gasteiger partial charge in [0, 0.05) is 31.5 Å². The summed E-state index contributed by atoms with van der Waals surface area (Å²) >= 11 is 0. The van der Waals surface area contributed by atoms with E-state index in [0.717, 1.165) is 25.0 Å². The number of hydrogen-bond acceptors (Lipinski definition) is 4. The number of nitrogens with zero attached hydrogens (tertiary/aromatic N) is 3. The molecule has 114 valence electrons. The van der Waals surface area contributed by atoms with Crippen molar-refractivity contribution in [2.24, 2.45) is 17.6 Å². The first-order valence-electron chi connectivity index (χ1n) is 7.98. The first-order chi connectivity index (χ1) is 10.7. The lowest BCUT2D eigenvalue weighted by atomic mass is 9.78. The molecule has 1 saturated carbocycles. The second-order valence-corrected chi connectivity index (χ2v) is 6.46. The highest BCUT2D eigenvalue weighted by molar-refractivity contribution is 6.04. The van der Waals surface area contributed by atoms with Crippen LogP contribution < -0.4 is 5.73 Å². The summed E-state index contributed by atoms with van der Waals surface area (Å²) in [6.07, 6.45) is 6.75. The highest BCUT2D eigenvalue weighted by atomic mass is 16.2. The molecule has 0 spiro atoms. The fourth-order valence-electron chi connectivity index (χ4n) is 4.02. The van der Waals surface area contributed by atoms with E-state index in [1.54, 1.807) is 12.4 Å². The molecule has 1 amide bonds. The number of nitrogens with two attached hydrogens (primary N) is 1. The lowest BCUT2D eigenvalue weighted by Crippen LogP contribution is -2.38. The van der Waals surface area contributed by atoms with Gasteiger partial charge in [0.25, 0.3) is 5.91 Å². The van der Waals surface area contributed by atoms with Gasteiger partial charge in [-0.2, -0.15) is 0 Å². The molecule has 1 aromatic carbocycles. The number of carbonyl (C=O) groups is 1. The predicted molar refractivity (Wildman–Crippen MR) is 84.2 cm³/mol. The SMILES string of the molecule is NC1CCCC2CN(C(=O)c3cccc4nccnc34)CC12. The van der Waals surface area contributed by atoms with Crippen LogP contribution in [-0.4, -0.2) is 39.9 Å². The summed E-state index contributed by atoms with van der Waals surface area (Å²) in [5.41, 5.74) is 8.36. The minimum Gasteiger partial charge on any atom is -0.338 e. The molecule has 4 rings (SSSR count). The molecule has 3 unspecified atom stereocenters. The smallest absolute Gasteiger partial charge is 0.256 e. The lowest BCUT2D eigenvalue weighted by molar-refractivity contribution is 0.0785. The van der Waals surface area contributed by atoms with Crippen LogP contribution in [0.4, 0.5) is 0 Å². The molecule has 2 aliphatic rings. The average molecular weight is 296 g/mol. The van der Waals surface area contributed by atoms with E-state index in [9.17, 15) is 4.79 Å². The molecular formula is C17H20N4O. The topological polar surface area (TPSA) is 72.1 Å². The molecule has 1 aliphatic carbocycles. The third-order valence-electron chi connectivity index (χ3n) is 5.17. The molecule has 2 aromatic rings. The molecular weight excluding hydrogens is 276 g/mol. The Kier molecular flexibility index (Phi) is 3.30. The zero-order chi connectivity index (χ0) is 15.1. The van der Waals surface area contributed by atoms with Crippen molar-refractivity contribution in [1.29, 1.82) is 0 Å². The summed E-state index contributed by atoms with van der Waals surface area (Å²) in [5, 5.41) is 0. The predicted octanol–water partition coefficient (Wildman–Crippen LogP) is 1.83. The molecule has 2 heterocycles. The quantitative estimate of drug-likeness (QED) is 0.871. The summed E-state index contributed by atoms with van der Waals surface area (Å²) in [6, 6.07) is 5.85. The minimum absolute atomic E-state index is 0.0627. The largest absolute Gasteiger partial charge is 0.338 e. The Hall–Kier alpha value is -2.01. The lowest BCUT2D eigenvalue weighted by Gasteiger charge is -2.29. The van der Waals surface area contributed by atoms with Gasteiger partial charge in [0.1, 0.15) is 5.52 Å². The van der Waals surface area contributed by atoms with Crippen LogP contribution in [0, 0.1) is 11.8 Å². The fraction of sp³-hybridized carbons (Fsp3) is 0.471. The minimum atomic E-state index is 0.0627. The summed E-state index contributed by atoms with van der Waals surface area (Å²) in [7, 11) is 0. The fourth-order valence-corrected chi connectivity index (χ4v) is 4.02. The van der Waals surface area contributed by atoms with Crippen molar-refractivity contribution in [1.82, 2.24) is 14.9 Å². The van der Waals surface area contributed by atoms with E-state index >= 15 is 0 Å². The second kappa shape index (κ2) is 5.32. The Labute approximate surface area is 129 Å². The average Bonchev–Trinajstić information content (AvgIpc) is 2.99. The van der Waals surface area contributed by atoms with Crippen molar-refractivity contribution in [2.45, 2.75) is 25.3 Å². The van der Waals surface area contributed by atoms with Gasteiger partial charge >= 0.3 is 0 Å². The van der Waals surface area contributed by atoms with Crippen LogP contribution >= 0.6 is 0 Å². The van der Waals surface area contributed by atoms with E-state index in [2.05, 4.69) is 9.97 Å². The van der Waals surface area contributed by atoms with Crippen molar-refractivity contribution in [3.8, 4) is 0 Å². The molecule has 5 heteroatoms. The number of carbonyl (C=O) groups excluding carboxylic acids is 1. The van der Waals surface area contributed by atoms with Crippen LogP contribution in [0.5, 0.6) is 0 Å². The molecule has 1 saturated heterocycles. The van der Waals surface area contributed by atoms with Gasteiger partial charge < -0.3 is 10.6 Å². The van der Waals surface area contributed by atoms with Crippen molar-refractivity contribution < 1.29 is 4.79 Å². The Bertz CT molecular complexity index is 711. The molecule has 22 heavy (non-hydrogen) atoms. The summed E-state index contributed by atoms with van der Waals surface area (Å²) in [6.45, 7) is 1.61. The maximum absolute atomic E-state index is 12.9. The third kappa shape index (κ3) is 2.16. The maximum Gasteiger partial charge on any atom is 0.256 e. The first kappa shape index (κ1) is 13.6. The van der Waals surface area contributed by atoms with E-state index in [0.29, 0.717) is 22.9 Å². The van der Waals surface area contributed by atoms with Crippen molar-refractivity contribution in [3.63, 3.8) is 0 Å². The van der Waals surface area contributed by atoms with Crippen LogP contribution in [0.15, 0.2) is 30.6 Å². The summed E-state index contributed by atoms with van der Waals surface area (Å²) < 4.78 is 0. The van der Waals surface area contributed by atoms with Crippen LogP contribution in [-0.2, 0) is 0 Å². The number of aromatic nitrogens is 2. The highest BCUT2D eigenvalue weighted by Gasteiger charge is 2.40. The van der Waals surface area contributed by atoms with Gasteiger partial charge in [0.15, 0.2) is 0 Å². The Balaban J connectivity index is 1.64. The van der Waals surface area contributed by atoms with Crippen molar-refractivity contribution >= 4 is 16.9 Å². The van der Waals surface area contributed by atoms with Crippen molar-refractivity contribution in [2.75, 3.05) is 13.1 Å². The van der Waals surface area contributed by atoms with Gasteiger partial charge in [0.2, 0.25) is 0 Å². The van der Waals surface area contributed by atoms with E-state index in [1.807, 2.05) is 23.1 Å². The number of amides is 1. The molecule has 5 nitrogen and oxygen atoms in total. The van der Waals surface area contributed by atoms with Gasteiger partial charge in [-0.3, -0.25) is 14.8 Å².